The minimum atomic E-state index is -0.442. The van der Waals surface area contributed by atoms with Crippen LogP contribution in [-0.2, 0) is 0 Å². The van der Waals surface area contributed by atoms with Gasteiger partial charge in [-0.05, 0) is 12.1 Å². The first kappa shape index (κ1) is 16.5. The van der Waals surface area contributed by atoms with Crippen LogP contribution in [0.1, 0.15) is 0 Å². The lowest BCUT2D eigenvalue weighted by molar-refractivity contribution is -0.384. The number of nitro benzene ring substituents is 1. The lowest BCUT2D eigenvalue weighted by atomic mass is 10.2. The number of carbonyl (C=O) groups excluding carboxylic acids is 1. The fourth-order valence-electron chi connectivity index (χ4n) is 2.52. The highest BCUT2D eigenvalue weighted by atomic mass is 35.5. The Balaban J connectivity index is 1.65. The predicted molar refractivity (Wildman–Crippen MR) is 93.0 cm³/mol. The van der Waals surface area contributed by atoms with Crippen LogP contribution in [0.5, 0.6) is 0 Å². The number of carbonyl (C=O) groups is 1. The van der Waals surface area contributed by atoms with Crippen LogP contribution in [0.3, 0.4) is 0 Å². The summed E-state index contributed by atoms with van der Waals surface area (Å²) in [4.78, 5) is 30.5. The van der Waals surface area contributed by atoms with Gasteiger partial charge in [0.25, 0.3) is 5.69 Å². The molecule has 0 radical (unpaired) electrons. The molecular weight excluding hydrogens is 354 g/mol. The average Bonchev–Trinajstić information content (AvgIpc) is 3.08. The van der Waals surface area contributed by atoms with Crippen molar-refractivity contribution in [2.75, 3.05) is 36.4 Å². The van der Waals surface area contributed by atoms with Crippen molar-refractivity contribution in [1.82, 2.24) is 9.88 Å². The fraction of sp³-hybridized carbons (Fsp3) is 0.286. The fourth-order valence-corrected chi connectivity index (χ4v) is 3.20. The van der Waals surface area contributed by atoms with E-state index in [4.69, 9.17) is 11.6 Å². The van der Waals surface area contributed by atoms with Crippen molar-refractivity contribution in [3.8, 4) is 0 Å². The first-order valence-electron chi connectivity index (χ1n) is 7.19. The molecule has 3 rings (SSSR count). The Bertz CT molecular complexity index is 747. The van der Waals surface area contributed by atoms with E-state index >= 15 is 0 Å². The van der Waals surface area contributed by atoms with Gasteiger partial charge in [0.05, 0.1) is 4.92 Å². The second-order valence-corrected chi connectivity index (χ2v) is 6.46. The largest absolute Gasteiger partial charge is 0.362 e. The second kappa shape index (κ2) is 7.02. The summed E-state index contributed by atoms with van der Waals surface area (Å²) in [5.41, 5.74) is 0.493. The number of hydrogen-bond acceptors (Lipinski definition) is 6. The molecule has 8 nitrogen and oxygen atoms in total. The molecule has 1 fully saturated rings. The quantitative estimate of drug-likeness (QED) is 0.665. The third-order valence-electron chi connectivity index (χ3n) is 3.69. The highest BCUT2D eigenvalue weighted by Gasteiger charge is 2.26. The SMILES string of the molecule is O=C(Nc1nccs1)N1CCN(c2ccc(Cl)cc2[N+](=O)[O-])CC1. The standard InChI is InChI=1S/C14H14ClN5O3S/c15-10-1-2-11(12(9-10)20(22)23)18-4-6-19(7-5-18)14(21)17-13-16-3-8-24-13/h1-3,8-9H,4-7H2,(H,16,17,21). The lowest BCUT2D eigenvalue weighted by Crippen LogP contribution is -2.50. The number of aromatic nitrogens is 1. The van der Waals surface area contributed by atoms with Gasteiger partial charge in [0.15, 0.2) is 5.13 Å². The van der Waals surface area contributed by atoms with Crippen LogP contribution in [0.25, 0.3) is 0 Å². The smallest absolute Gasteiger partial charge is 0.323 e. The van der Waals surface area contributed by atoms with Crippen molar-refractivity contribution in [2.45, 2.75) is 0 Å². The van der Waals surface area contributed by atoms with Gasteiger partial charge in [0, 0.05) is 48.8 Å². The summed E-state index contributed by atoms with van der Waals surface area (Å²) in [6.45, 7) is 1.95. The van der Waals surface area contributed by atoms with Gasteiger partial charge in [-0.2, -0.15) is 0 Å². The number of thiazole rings is 1. The van der Waals surface area contributed by atoms with Crippen LogP contribution in [0.2, 0.25) is 5.02 Å². The van der Waals surface area contributed by atoms with E-state index in [9.17, 15) is 14.9 Å². The van der Waals surface area contributed by atoms with Crippen LogP contribution in [0.4, 0.5) is 21.3 Å². The molecule has 10 heteroatoms. The highest BCUT2D eigenvalue weighted by molar-refractivity contribution is 7.13. The van der Waals surface area contributed by atoms with E-state index in [1.807, 2.05) is 4.90 Å². The highest BCUT2D eigenvalue weighted by Crippen LogP contribution is 2.31. The zero-order valence-corrected chi connectivity index (χ0v) is 14.1. The first-order chi connectivity index (χ1) is 11.5. The van der Waals surface area contributed by atoms with Crippen molar-refractivity contribution in [2.24, 2.45) is 0 Å². The van der Waals surface area contributed by atoms with Crippen LogP contribution in [-0.4, -0.2) is 47.0 Å². The van der Waals surface area contributed by atoms with Gasteiger partial charge in [-0.3, -0.25) is 15.4 Å². The number of amides is 2. The molecule has 0 aliphatic carbocycles. The van der Waals surface area contributed by atoms with Crippen molar-refractivity contribution < 1.29 is 9.72 Å². The molecule has 0 unspecified atom stereocenters. The molecule has 1 aromatic carbocycles. The molecule has 0 saturated carbocycles. The number of halogens is 1. The number of benzene rings is 1. The minimum absolute atomic E-state index is 0.0248. The molecule has 0 spiro atoms. The maximum atomic E-state index is 12.2. The van der Waals surface area contributed by atoms with Gasteiger partial charge in [0.2, 0.25) is 0 Å². The monoisotopic (exact) mass is 367 g/mol. The molecule has 24 heavy (non-hydrogen) atoms. The molecule has 0 bridgehead atoms. The molecule has 1 aromatic heterocycles. The van der Waals surface area contributed by atoms with Crippen molar-refractivity contribution in [3.63, 3.8) is 0 Å². The Morgan fingerprint density at radius 1 is 1.33 bits per heavy atom. The van der Waals surface area contributed by atoms with Crippen molar-refractivity contribution in [3.05, 3.63) is 44.9 Å². The number of piperazine rings is 1. The summed E-state index contributed by atoms with van der Waals surface area (Å²) >= 11 is 7.19. The topological polar surface area (TPSA) is 91.6 Å². The van der Waals surface area contributed by atoms with Gasteiger partial charge in [-0.25, -0.2) is 9.78 Å². The third kappa shape index (κ3) is 3.57. The minimum Gasteiger partial charge on any atom is -0.362 e. The maximum Gasteiger partial charge on any atom is 0.323 e. The number of rotatable bonds is 3. The van der Waals surface area contributed by atoms with E-state index in [0.29, 0.717) is 42.0 Å². The van der Waals surface area contributed by atoms with Gasteiger partial charge in [-0.1, -0.05) is 11.6 Å². The first-order valence-corrected chi connectivity index (χ1v) is 8.44. The Hall–Kier alpha value is -2.39. The Kier molecular flexibility index (Phi) is 4.81. The second-order valence-electron chi connectivity index (χ2n) is 5.13. The molecule has 2 aromatic rings. The van der Waals surface area contributed by atoms with E-state index in [-0.39, 0.29) is 11.7 Å². The molecule has 0 atom stereocenters. The number of nitro groups is 1. The van der Waals surface area contributed by atoms with Gasteiger partial charge in [-0.15, -0.1) is 11.3 Å². The number of nitrogens with zero attached hydrogens (tertiary/aromatic N) is 4. The van der Waals surface area contributed by atoms with Crippen LogP contribution in [0, 0.1) is 10.1 Å². The van der Waals surface area contributed by atoms with Gasteiger partial charge >= 0.3 is 6.03 Å². The number of hydrogen-bond donors (Lipinski definition) is 1. The summed E-state index contributed by atoms with van der Waals surface area (Å²) in [6, 6.07) is 4.41. The van der Waals surface area contributed by atoms with Crippen LogP contribution < -0.4 is 10.2 Å². The summed E-state index contributed by atoms with van der Waals surface area (Å²) in [5.74, 6) is 0. The molecular formula is C14H14ClN5O3S. The molecule has 2 heterocycles. The van der Waals surface area contributed by atoms with E-state index in [2.05, 4.69) is 10.3 Å². The van der Waals surface area contributed by atoms with E-state index in [0.717, 1.165) is 0 Å². The number of anilines is 2. The van der Waals surface area contributed by atoms with Crippen LogP contribution >= 0.6 is 22.9 Å². The molecule has 1 aliphatic heterocycles. The Labute approximate surface area is 146 Å². The molecule has 126 valence electrons. The third-order valence-corrected chi connectivity index (χ3v) is 4.61. The summed E-state index contributed by atoms with van der Waals surface area (Å²) < 4.78 is 0. The van der Waals surface area contributed by atoms with Crippen LogP contribution in [0.15, 0.2) is 29.8 Å². The Morgan fingerprint density at radius 3 is 2.71 bits per heavy atom. The molecule has 1 saturated heterocycles. The molecule has 1 aliphatic rings. The average molecular weight is 368 g/mol. The van der Waals surface area contributed by atoms with E-state index < -0.39 is 4.92 Å². The predicted octanol–water partition coefficient (Wildman–Crippen LogP) is 3.06. The van der Waals surface area contributed by atoms with Crippen molar-refractivity contribution in [1.29, 1.82) is 0 Å². The normalized spacial score (nSPS) is 14.5. The van der Waals surface area contributed by atoms with Gasteiger partial charge < -0.3 is 9.80 Å². The summed E-state index contributed by atoms with van der Waals surface area (Å²) in [7, 11) is 0. The molecule has 1 N–H and O–H groups in total. The number of nitrogens with one attached hydrogen (secondary N) is 1. The zero-order valence-electron chi connectivity index (χ0n) is 12.5. The zero-order chi connectivity index (χ0) is 17.1. The van der Waals surface area contributed by atoms with Gasteiger partial charge in [0.1, 0.15) is 5.69 Å². The van der Waals surface area contributed by atoms with E-state index in [1.165, 1.54) is 17.4 Å². The van der Waals surface area contributed by atoms with Crippen molar-refractivity contribution >= 4 is 45.5 Å². The number of urea groups is 1. The Morgan fingerprint density at radius 2 is 2.08 bits per heavy atom. The van der Waals surface area contributed by atoms with E-state index in [1.54, 1.807) is 28.6 Å². The summed E-state index contributed by atoms with van der Waals surface area (Å²) in [5, 5.41) is 16.6. The molecule has 2 amide bonds. The maximum absolute atomic E-state index is 12.2. The lowest BCUT2D eigenvalue weighted by Gasteiger charge is -2.35. The summed E-state index contributed by atoms with van der Waals surface area (Å²) in [6.07, 6.45) is 1.62.